The SMILES string of the molecule is CNC(=O)C1CN(Cc2cc(C)c(OCc3cc(Cl)cc(Cl)c3)c(C)c2)C1. The van der Waals surface area contributed by atoms with Gasteiger partial charge in [-0.1, -0.05) is 35.3 Å². The Labute approximate surface area is 170 Å². The lowest BCUT2D eigenvalue weighted by molar-refractivity contribution is -0.129. The molecular weight excluding hydrogens is 383 g/mol. The molecule has 0 aromatic heterocycles. The number of aryl methyl sites for hydroxylation is 2. The summed E-state index contributed by atoms with van der Waals surface area (Å²) in [5.41, 5.74) is 4.37. The van der Waals surface area contributed by atoms with Gasteiger partial charge in [0.05, 0.1) is 5.92 Å². The van der Waals surface area contributed by atoms with Gasteiger partial charge in [-0.25, -0.2) is 0 Å². The minimum atomic E-state index is 0.115. The number of nitrogens with zero attached hydrogens (tertiary/aromatic N) is 1. The monoisotopic (exact) mass is 406 g/mol. The Morgan fingerprint density at radius 1 is 1.07 bits per heavy atom. The minimum Gasteiger partial charge on any atom is -0.488 e. The van der Waals surface area contributed by atoms with Crippen molar-refractivity contribution >= 4 is 29.1 Å². The number of rotatable bonds is 6. The summed E-state index contributed by atoms with van der Waals surface area (Å²) >= 11 is 12.1. The Morgan fingerprint density at radius 3 is 2.22 bits per heavy atom. The first-order valence-corrected chi connectivity index (χ1v) is 9.73. The fraction of sp³-hybridized carbons (Fsp3) is 0.381. The third kappa shape index (κ3) is 4.95. The summed E-state index contributed by atoms with van der Waals surface area (Å²) in [6, 6.07) is 9.74. The van der Waals surface area contributed by atoms with Gasteiger partial charge < -0.3 is 10.1 Å². The molecule has 2 aromatic carbocycles. The molecule has 1 aliphatic heterocycles. The van der Waals surface area contributed by atoms with E-state index in [4.69, 9.17) is 27.9 Å². The second-order valence-corrected chi connectivity index (χ2v) is 8.00. The van der Waals surface area contributed by atoms with Gasteiger partial charge in [0.15, 0.2) is 0 Å². The van der Waals surface area contributed by atoms with Gasteiger partial charge in [-0.3, -0.25) is 9.69 Å². The largest absolute Gasteiger partial charge is 0.488 e. The fourth-order valence-corrected chi connectivity index (χ4v) is 4.11. The first-order valence-electron chi connectivity index (χ1n) is 8.97. The maximum atomic E-state index is 11.6. The summed E-state index contributed by atoms with van der Waals surface area (Å²) in [6.07, 6.45) is 0. The molecule has 1 saturated heterocycles. The van der Waals surface area contributed by atoms with Crippen molar-refractivity contribution in [3.8, 4) is 5.75 Å². The van der Waals surface area contributed by atoms with Crippen molar-refractivity contribution in [1.29, 1.82) is 0 Å². The zero-order valence-electron chi connectivity index (χ0n) is 15.8. The number of nitrogens with one attached hydrogen (secondary N) is 1. The highest BCUT2D eigenvalue weighted by Crippen LogP contribution is 2.28. The molecule has 0 bridgehead atoms. The van der Waals surface area contributed by atoms with Crippen LogP contribution in [0.2, 0.25) is 10.0 Å². The summed E-state index contributed by atoms with van der Waals surface area (Å²) in [4.78, 5) is 13.9. The lowest BCUT2D eigenvalue weighted by Gasteiger charge is -2.38. The summed E-state index contributed by atoms with van der Waals surface area (Å²) in [7, 11) is 1.69. The molecule has 1 heterocycles. The molecule has 0 radical (unpaired) electrons. The highest BCUT2D eigenvalue weighted by atomic mass is 35.5. The Hall–Kier alpha value is -1.75. The molecule has 3 rings (SSSR count). The lowest BCUT2D eigenvalue weighted by atomic mass is 9.97. The summed E-state index contributed by atoms with van der Waals surface area (Å²) in [5.74, 6) is 1.13. The van der Waals surface area contributed by atoms with Crippen LogP contribution in [0.1, 0.15) is 22.3 Å². The van der Waals surface area contributed by atoms with Crippen molar-refractivity contribution < 1.29 is 9.53 Å². The molecule has 1 fully saturated rings. The van der Waals surface area contributed by atoms with Crippen LogP contribution in [0.3, 0.4) is 0 Å². The van der Waals surface area contributed by atoms with Gasteiger partial charge in [0.25, 0.3) is 0 Å². The first kappa shape index (κ1) is 20.0. The second-order valence-electron chi connectivity index (χ2n) is 7.13. The molecule has 0 aliphatic carbocycles. The zero-order chi connectivity index (χ0) is 19.6. The molecule has 144 valence electrons. The van der Waals surface area contributed by atoms with Gasteiger partial charge in [-0.15, -0.1) is 0 Å². The van der Waals surface area contributed by atoms with Crippen molar-refractivity contribution in [2.24, 2.45) is 5.92 Å². The normalized spacial score (nSPS) is 14.7. The number of likely N-dealkylation sites (tertiary alicyclic amines) is 1. The number of benzene rings is 2. The van der Waals surface area contributed by atoms with Crippen LogP contribution < -0.4 is 10.1 Å². The van der Waals surface area contributed by atoms with Crippen molar-refractivity contribution in [2.45, 2.75) is 27.0 Å². The number of ether oxygens (including phenoxy) is 1. The topological polar surface area (TPSA) is 41.6 Å². The molecule has 1 N–H and O–H groups in total. The zero-order valence-corrected chi connectivity index (χ0v) is 17.3. The molecule has 1 aliphatic rings. The maximum Gasteiger partial charge on any atom is 0.225 e. The van der Waals surface area contributed by atoms with E-state index in [9.17, 15) is 4.79 Å². The van der Waals surface area contributed by atoms with E-state index in [0.717, 1.165) is 42.1 Å². The van der Waals surface area contributed by atoms with Gasteiger partial charge in [-0.05, 0) is 54.3 Å². The Balaban J connectivity index is 1.62. The lowest BCUT2D eigenvalue weighted by Crippen LogP contribution is -2.52. The Bertz CT molecular complexity index is 805. The van der Waals surface area contributed by atoms with Crippen LogP contribution in [0.15, 0.2) is 30.3 Å². The number of carbonyl (C=O) groups is 1. The van der Waals surface area contributed by atoms with E-state index in [2.05, 4.69) is 36.2 Å². The van der Waals surface area contributed by atoms with Crippen LogP contribution in [-0.4, -0.2) is 30.9 Å². The molecule has 2 aromatic rings. The number of hydrogen-bond donors (Lipinski definition) is 1. The van der Waals surface area contributed by atoms with E-state index >= 15 is 0 Å². The predicted molar refractivity (Wildman–Crippen MR) is 110 cm³/mol. The third-order valence-corrected chi connectivity index (χ3v) is 5.24. The number of carbonyl (C=O) groups excluding carboxylic acids is 1. The van der Waals surface area contributed by atoms with Gasteiger partial charge in [-0.2, -0.15) is 0 Å². The highest BCUT2D eigenvalue weighted by Gasteiger charge is 2.31. The van der Waals surface area contributed by atoms with Crippen LogP contribution in [-0.2, 0) is 17.9 Å². The number of amides is 1. The minimum absolute atomic E-state index is 0.115. The molecule has 0 saturated carbocycles. The summed E-state index contributed by atoms with van der Waals surface area (Å²) < 4.78 is 6.04. The molecule has 27 heavy (non-hydrogen) atoms. The Kier molecular flexibility index (Phi) is 6.30. The van der Waals surface area contributed by atoms with Crippen molar-refractivity contribution in [2.75, 3.05) is 20.1 Å². The average molecular weight is 407 g/mol. The summed E-state index contributed by atoms with van der Waals surface area (Å²) in [6.45, 7) is 7.00. The molecule has 6 heteroatoms. The van der Waals surface area contributed by atoms with Gasteiger partial charge in [0.1, 0.15) is 12.4 Å². The third-order valence-electron chi connectivity index (χ3n) is 4.81. The molecule has 0 spiro atoms. The van der Waals surface area contributed by atoms with E-state index < -0.39 is 0 Å². The smallest absolute Gasteiger partial charge is 0.225 e. The quantitative estimate of drug-likeness (QED) is 0.774. The highest BCUT2D eigenvalue weighted by molar-refractivity contribution is 6.34. The molecule has 0 atom stereocenters. The van der Waals surface area contributed by atoms with E-state index in [-0.39, 0.29) is 11.8 Å². The Morgan fingerprint density at radius 2 is 1.67 bits per heavy atom. The molecule has 4 nitrogen and oxygen atoms in total. The van der Waals surface area contributed by atoms with Crippen molar-refractivity contribution in [3.63, 3.8) is 0 Å². The molecule has 1 amide bonds. The predicted octanol–water partition coefficient (Wildman–Crippen LogP) is 4.37. The van der Waals surface area contributed by atoms with E-state index in [0.29, 0.717) is 16.7 Å². The number of halogens is 2. The average Bonchev–Trinajstić information content (AvgIpc) is 2.55. The summed E-state index contributed by atoms with van der Waals surface area (Å²) in [5, 5.41) is 3.92. The maximum absolute atomic E-state index is 11.6. The first-order chi connectivity index (χ1) is 12.9. The molecule has 0 unspecified atom stereocenters. The van der Waals surface area contributed by atoms with E-state index in [1.165, 1.54) is 5.56 Å². The van der Waals surface area contributed by atoms with Crippen LogP contribution in [0.5, 0.6) is 5.75 Å². The van der Waals surface area contributed by atoms with E-state index in [1.807, 2.05) is 12.1 Å². The van der Waals surface area contributed by atoms with Crippen LogP contribution in [0, 0.1) is 19.8 Å². The number of hydrogen-bond acceptors (Lipinski definition) is 3. The van der Waals surface area contributed by atoms with E-state index in [1.54, 1.807) is 13.1 Å². The van der Waals surface area contributed by atoms with Crippen LogP contribution in [0.25, 0.3) is 0 Å². The van der Waals surface area contributed by atoms with Crippen LogP contribution >= 0.6 is 23.2 Å². The molecular formula is C21H24Cl2N2O2. The standard InChI is InChI=1S/C21H24Cl2N2O2/c1-13-4-15(9-25-10-17(11-25)21(26)24-3)5-14(2)20(13)27-12-16-6-18(22)8-19(23)7-16/h4-8,17H,9-12H2,1-3H3,(H,24,26). The fourth-order valence-electron chi connectivity index (χ4n) is 3.54. The van der Waals surface area contributed by atoms with Crippen LogP contribution in [0.4, 0.5) is 0 Å². The van der Waals surface area contributed by atoms with Crippen molar-refractivity contribution in [3.05, 3.63) is 62.6 Å². The van der Waals surface area contributed by atoms with Crippen molar-refractivity contribution in [1.82, 2.24) is 10.2 Å². The van der Waals surface area contributed by atoms with Gasteiger partial charge in [0.2, 0.25) is 5.91 Å². The van der Waals surface area contributed by atoms with Gasteiger partial charge >= 0.3 is 0 Å². The van der Waals surface area contributed by atoms with Gasteiger partial charge in [0, 0.05) is 36.7 Å². The second kappa shape index (κ2) is 8.51.